The first-order chi connectivity index (χ1) is 8.24. The SMILES string of the molecule is CCOC(=O)C1C(=S)NCC1c1ccccc1. The van der Waals surface area contributed by atoms with Crippen LogP contribution in [-0.2, 0) is 9.53 Å². The molecule has 0 bridgehead atoms. The van der Waals surface area contributed by atoms with Crippen molar-refractivity contribution in [2.75, 3.05) is 13.2 Å². The first-order valence-electron chi connectivity index (χ1n) is 5.73. The lowest BCUT2D eigenvalue weighted by atomic mass is 9.89. The fourth-order valence-electron chi connectivity index (χ4n) is 2.13. The molecule has 1 N–H and O–H groups in total. The fourth-order valence-corrected chi connectivity index (χ4v) is 2.48. The summed E-state index contributed by atoms with van der Waals surface area (Å²) >= 11 is 5.20. The molecule has 1 heterocycles. The Labute approximate surface area is 106 Å². The van der Waals surface area contributed by atoms with Gasteiger partial charge in [-0.1, -0.05) is 42.5 Å². The van der Waals surface area contributed by atoms with E-state index in [0.29, 0.717) is 18.1 Å². The summed E-state index contributed by atoms with van der Waals surface area (Å²) in [6.07, 6.45) is 0. The number of nitrogens with one attached hydrogen (secondary N) is 1. The van der Waals surface area contributed by atoms with Gasteiger partial charge in [0.05, 0.1) is 11.6 Å². The summed E-state index contributed by atoms with van der Waals surface area (Å²) in [5.74, 6) is -0.480. The molecule has 2 unspecified atom stereocenters. The van der Waals surface area contributed by atoms with Gasteiger partial charge in [0.15, 0.2) is 0 Å². The predicted molar refractivity (Wildman–Crippen MR) is 69.9 cm³/mol. The van der Waals surface area contributed by atoms with Crippen LogP contribution in [0.15, 0.2) is 30.3 Å². The standard InChI is InChI=1S/C13H15NO2S/c1-2-16-13(15)11-10(8-14-12(11)17)9-6-4-3-5-7-9/h3-7,10-11H,2,8H2,1H3,(H,14,17). The molecule has 0 spiro atoms. The zero-order chi connectivity index (χ0) is 12.3. The second-order valence-electron chi connectivity index (χ2n) is 3.99. The van der Waals surface area contributed by atoms with E-state index in [-0.39, 0.29) is 17.8 Å². The average molecular weight is 249 g/mol. The van der Waals surface area contributed by atoms with Crippen LogP contribution in [0, 0.1) is 5.92 Å². The van der Waals surface area contributed by atoms with Gasteiger partial charge in [-0.3, -0.25) is 4.79 Å². The highest BCUT2D eigenvalue weighted by Gasteiger charge is 2.39. The summed E-state index contributed by atoms with van der Waals surface area (Å²) in [6, 6.07) is 9.94. The van der Waals surface area contributed by atoms with Gasteiger partial charge in [-0.15, -0.1) is 0 Å². The van der Waals surface area contributed by atoms with Crippen LogP contribution in [0.1, 0.15) is 18.4 Å². The summed E-state index contributed by atoms with van der Waals surface area (Å²) in [6.45, 7) is 2.90. The third-order valence-electron chi connectivity index (χ3n) is 2.95. The van der Waals surface area contributed by atoms with Crippen LogP contribution >= 0.6 is 12.2 Å². The van der Waals surface area contributed by atoms with Crippen molar-refractivity contribution in [2.45, 2.75) is 12.8 Å². The van der Waals surface area contributed by atoms with Gasteiger partial charge in [-0.05, 0) is 12.5 Å². The Bertz CT molecular complexity index is 419. The molecule has 4 heteroatoms. The number of esters is 1. The second-order valence-corrected chi connectivity index (χ2v) is 4.43. The topological polar surface area (TPSA) is 38.3 Å². The lowest BCUT2D eigenvalue weighted by Crippen LogP contribution is -2.27. The van der Waals surface area contributed by atoms with Crippen LogP contribution < -0.4 is 5.32 Å². The van der Waals surface area contributed by atoms with Crippen molar-refractivity contribution >= 4 is 23.2 Å². The minimum atomic E-state index is -0.340. The summed E-state index contributed by atoms with van der Waals surface area (Å²) < 4.78 is 5.08. The van der Waals surface area contributed by atoms with Crippen LogP contribution in [0.25, 0.3) is 0 Å². The molecule has 0 aliphatic carbocycles. The maximum atomic E-state index is 11.9. The third kappa shape index (κ3) is 2.47. The summed E-state index contributed by atoms with van der Waals surface area (Å²) in [5, 5.41) is 3.09. The number of ether oxygens (including phenoxy) is 1. The second kappa shape index (κ2) is 5.27. The zero-order valence-corrected chi connectivity index (χ0v) is 10.5. The van der Waals surface area contributed by atoms with Gasteiger partial charge < -0.3 is 10.1 Å². The molecule has 1 aliphatic heterocycles. The van der Waals surface area contributed by atoms with E-state index in [9.17, 15) is 4.79 Å². The number of carbonyl (C=O) groups is 1. The molecule has 1 saturated heterocycles. The van der Waals surface area contributed by atoms with E-state index in [1.807, 2.05) is 30.3 Å². The van der Waals surface area contributed by atoms with Gasteiger partial charge in [0.2, 0.25) is 0 Å². The lowest BCUT2D eigenvalue weighted by Gasteiger charge is -2.16. The molecule has 0 aromatic heterocycles. The lowest BCUT2D eigenvalue weighted by molar-refractivity contribution is -0.145. The molecule has 1 aromatic rings. The fraction of sp³-hybridized carbons (Fsp3) is 0.385. The third-order valence-corrected chi connectivity index (χ3v) is 3.35. The average Bonchev–Trinajstić information content (AvgIpc) is 2.73. The number of rotatable bonds is 3. The molecular formula is C13H15NO2S. The van der Waals surface area contributed by atoms with Crippen LogP contribution in [0.2, 0.25) is 0 Å². The Kier molecular flexibility index (Phi) is 3.74. The van der Waals surface area contributed by atoms with Gasteiger partial charge in [0, 0.05) is 12.5 Å². The first kappa shape index (κ1) is 12.0. The Morgan fingerprint density at radius 2 is 2.18 bits per heavy atom. The molecule has 3 nitrogen and oxygen atoms in total. The van der Waals surface area contributed by atoms with E-state index in [2.05, 4.69) is 5.32 Å². The molecule has 0 saturated carbocycles. The number of hydrogen-bond acceptors (Lipinski definition) is 3. The maximum absolute atomic E-state index is 11.9. The van der Waals surface area contributed by atoms with E-state index in [4.69, 9.17) is 17.0 Å². The molecule has 17 heavy (non-hydrogen) atoms. The largest absolute Gasteiger partial charge is 0.465 e. The zero-order valence-electron chi connectivity index (χ0n) is 9.68. The number of hydrogen-bond donors (Lipinski definition) is 1. The number of thiocarbonyl (C=S) groups is 1. The van der Waals surface area contributed by atoms with Crippen molar-refractivity contribution in [3.8, 4) is 0 Å². The molecule has 0 amide bonds. The Morgan fingerprint density at radius 1 is 1.47 bits per heavy atom. The van der Waals surface area contributed by atoms with Crippen molar-refractivity contribution in [2.24, 2.45) is 5.92 Å². The molecule has 0 radical (unpaired) electrons. The van der Waals surface area contributed by atoms with Gasteiger partial charge in [-0.2, -0.15) is 0 Å². The molecule has 1 fully saturated rings. The van der Waals surface area contributed by atoms with Gasteiger partial charge in [0.1, 0.15) is 5.92 Å². The van der Waals surface area contributed by atoms with E-state index < -0.39 is 0 Å². The Hall–Kier alpha value is -1.42. The van der Waals surface area contributed by atoms with Crippen LogP contribution in [-0.4, -0.2) is 24.1 Å². The van der Waals surface area contributed by atoms with E-state index in [1.165, 1.54) is 0 Å². The number of carbonyl (C=O) groups excluding carboxylic acids is 1. The van der Waals surface area contributed by atoms with E-state index in [0.717, 1.165) is 5.56 Å². The van der Waals surface area contributed by atoms with E-state index in [1.54, 1.807) is 6.92 Å². The summed E-state index contributed by atoms with van der Waals surface area (Å²) in [4.78, 5) is 12.5. The molecular weight excluding hydrogens is 234 g/mol. The smallest absolute Gasteiger partial charge is 0.316 e. The molecule has 2 atom stereocenters. The van der Waals surface area contributed by atoms with Gasteiger partial charge in [0.25, 0.3) is 0 Å². The van der Waals surface area contributed by atoms with Crippen molar-refractivity contribution in [3.05, 3.63) is 35.9 Å². The highest BCUT2D eigenvalue weighted by atomic mass is 32.1. The van der Waals surface area contributed by atoms with E-state index >= 15 is 0 Å². The van der Waals surface area contributed by atoms with Crippen molar-refractivity contribution in [1.82, 2.24) is 5.32 Å². The Balaban J connectivity index is 2.22. The van der Waals surface area contributed by atoms with Gasteiger partial charge >= 0.3 is 5.97 Å². The first-order valence-corrected chi connectivity index (χ1v) is 6.14. The molecule has 90 valence electrons. The highest BCUT2D eigenvalue weighted by Crippen LogP contribution is 2.30. The predicted octanol–water partition coefficient (Wildman–Crippen LogP) is 1.88. The summed E-state index contributed by atoms with van der Waals surface area (Å²) in [7, 11) is 0. The Morgan fingerprint density at radius 3 is 2.82 bits per heavy atom. The molecule has 1 aliphatic rings. The normalized spacial score (nSPS) is 23.2. The van der Waals surface area contributed by atoms with Crippen LogP contribution in [0.4, 0.5) is 0 Å². The van der Waals surface area contributed by atoms with Crippen molar-refractivity contribution < 1.29 is 9.53 Å². The molecule has 2 rings (SSSR count). The van der Waals surface area contributed by atoms with Crippen LogP contribution in [0.3, 0.4) is 0 Å². The van der Waals surface area contributed by atoms with Crippen molar-refractivity contribution in [3.63, 3.8) is 0 Å². The monoisotopic (exact) mass is 249 g/mol. The quantitative estimate of drug-likeness (QED) is 0.655. The number of benzene rings is 1. The van der Waals surface area contributed by atoms with Crippen LogP contribution in [0.5, 0.6) is 0 Å². The molecule has 1 aromatic carbocycles. The van der Waals surface area contributed by atoms with Crippen molar-refractivity contribution in [1.29, 1.82) is 0 Å². The highest BCUT2D eigenvalue weighted by molar-refractivity contribution is 7.80. The van der Waals surface area contributed by atoms with Gasteiger partial charge in [-0.25, -0.2) is 0 Å². The minimum absolute atomic E-state index is 0.0859. The minimum Gasteiger partial charge on any atom is -0.465 e. The maximum Gasteiger partial charge on any atom is 0.316 e. The summed E-state index contributed by atoms with van der Waals surface area (Å²) in [5.41, 5.74) is 1.12.